The van der Waals surface area contributed by atoms with Crippen molar-refractivity contribution in [1.82, 2.24) is 15.6 Å². The summed E-state index contributed by atoms with van der Waals surface area (Å²) >= 11 is 0. The van der Waals surface area contributed by atoms with E-state index in [1.807, 2.05) is 12.1 Å². The average Bonchev–Trinajstić information content (AvgIpc) is 3.19. The molecule has 4 rings (SSSR count). The number of benzene rings is 2. The molecule has 3 aromatic rings. The lowest BCUT2D eigenvalue weighted by atomic mass is 9.84. The van der Waals surface area contributed by atoms with E-state index in [4.69, 9.17) is 0 Å². The monoisotopic (exact) mass is 425 g/mol. The first kappa shape index (κ1) is 22.4. The van der Waals surface area contributed by atoms with Crippen LogP contribution in [0.2, 0.25) is 0 Å². The highest BCUT2D eigenvalue weighted by Crippen LogP contribution is 2.30. The van der Waals surface area contributed by atoms with Gasteiger partial charge in [0.15, 0.2) is 0 Å². The minimum absolute atomic E-state index is 0. The molecule has 2 unspecified atom stereocenters. The fourth-order valence-electron chi connectivity index (χ4n) is 4.64. The zero-order valence-corrected chi connectivity index (χ0v) is 18.4. The Morgan fingerprint density at radius 1 is 1.07 bits per heavy atom. The summed E-state index contributed by atoms with van der Waals surface area (Å²) in [7, 11) is 0. The number of aromatic nitrogens is 1. The standard InChI is InChI=1S/C25H31N3O.ClH/c1-18(19-11-13-26-14-12-19)15-25(29)28-16-22(20-7-3-2-4-8-20)23-17-27-24-10-6-5-9-21(23)24;/h2-10,17-19,22,26-27H,11-16H2,1H3,(H,28,29);1H. The molecule has 2 atom stereocenters. The van der Waals surface area contributed by atoms with Gasteiger partial charge in [-0.1, -0.05) is 55.5 Å². The predicted octanol–water partition coefficient (Wildman–Crippen LogP) is 4.86. The molecule has 30 heavy (non-hydrogen) atoms. The van der Waals surface area contributed by atoms with Gasteiger partial charge in [0.1, 0.15) is 0 Å². The molecule has 1 aliphatic heterocycles. The second-order valence-electron chi connectivity index (χ2n) is 8.33. The summed E-state index contributed by atoms with van der Waals surface area (Å²) in [6, 6.07) is 18.8. The van der Waals surface area contributed by atoms with E-state index >= 15 is 0 Å². The summed E-state index contributed by atoms with van der Waals surface area (Å²) in [5, 5.41) is 7.86. The average molecular weight is 426 g/mol. The van der Waals surface area contributed by atoms with Crippen LogP contribution in [-0.4, -0.2) is 30.5 Å². The number of halogens is 1. The quantitative estimate of drug-likeness (QED) is 0.506. The van der Waals surface area contributed by atoms with Gasteiger partial charge >= 0.3 is 0 Å². The van der Waals surface area contributed by atoms with Gasteiger partial charge in [-0.05, 0) is 55.0 Å². The second kappa shape index (κ2) is 10.6. The van der Waals surface area contributed by atoms with Crippen molar-refractivity contribution in [3.63, 3.8) is 0 Å². The number of nitrogens with one attached hydrogen (secondary N) is 3. The molecule has 2 aromatic carbocycles. The molecule has 2 heterocycles. The number of rotatable bonds is 7. The van der Waals surface area contributed by atoms with Crippen molar-refractivity contribution in [2.24, 2.45) is 11.8 Å². The Hall–Kier alpha value is -2.30. The summed E-state index contributed by atoms with van der Waals surface area (Å²) in [6.07, 6.45) is 5.05. The molecular weight excluding hydrogens is 394 g/mol. The fraction of sp³-hybridized carbons (Fsp3) is 0.400. The van der Waals surface area contributed by atoms with Gasteiger partial charge in [-0.15, -0.1) is 12.4 Å². The van der Waals surface area contributed by atoms with Gasteiger partial charge in [-0.3, -0.25) is 4.79 Å². The van der Waals surface area contributed by atoms with Gasteiger partial charge in [0.25, 0.3) is 0 Å². The van der Waals surface area contributed by atoms with Crippen LogP contribution in [0.4, 0.5) is 0 Å². The predicted molar refractivity (Wildman–Crippen MR) is 126 cm³/mol. The van der Waals surface area contributed by atoms with Crippen molar-refractivity contribution in [3.05, 3.63) is 71.9 Å². The van der Waals surface area contributed by atoms with E-state index in [0.717, 1.165) is 18.6 Å². The first-order valence-electron chi connectivity index (χ1n) is 10.8. The molecule has 3 N–H and O–H groups in total. The molecule has 4 nitrogen and oxygen atoms in total. The van der Waals surface area contributed by atoms with Crippen LogP contribution in [0.15, 0.2) is 60.8 Å². The van der Waals surface area contributed by atoms with E-state index < -0.39 is 0 Å². The highest BCUT2D eigenvalue weighted by atomic mass is 35.5. The number of aromatic amines is 1. The van der Waals surface area contributed by atoms with E-state index in [9.17, 15) is 4.79 Å². The van der Waals surface area contributed by atoms with Gasteiger partial charge < -0.3 is 15.6 Å². The molecule has 1 saturated heterocycles. The van der Waals surface area contributed by atoms with E-state index in [-0.39, 0.29) is 24.2 Å². The van der Waals surface area contributed by atoms with Gasteiger partial charge in [0, 0.05) is 36.0 Å². The maximum absolute atomic E-state index is 12.7. The number of H-pyrrole nitrogens is 1. The molecule has 5 heteroatoms. The lowest BCUT2D eigenvalue weighted by Crippen LogP contribution is -2.34. The Kier molecular flexibility index (Phi) is 7.94. The number of carbonyl (C=O) groups excluding carboxylic acids is 1. The highest BCUT2D eigenvalue weighted by Gasteiger charge is 2.23. The Balaban J connectivity index is 0.00000256. The number of hydrogen-bond acceptors (Lipinski definition) is 2. The number of carbonyl (C=O) groups is 1. The molecule has 0 bridgehead atoms. The third kappa shape index (κ3) is 5.24. The number of hydrogen-bond donors (Lipinski definition) is 3. The number of para-hydroxylation sites is 1. The number of fused-ring (bicyclic) bond motifs is 1. The molecule has 160 valence electrons. The largest absolute Gasteiger partial charge is 0.361 e. The molecule has 1 amide bonds. The normalized spacial score (nSPS) is 16.6. The molecule has 1 aliphatic rings. The third-order valence-corrected chi connectivity index (χ3v) is 6.40. The molecule has 0 spiro atoms. The molecule has 0 aliphatic carbocycles. The Morgan fingerprint density at radius 2 is 1.77 bits per heavy atom. The second-order valence-corrected chi connectivity index (χ2v) is 8.33. The van der Waals surface area contributed by atoms with E-state index in [2.05, 4.69) is 71.2 Å². The zero-order valence-electron chi connectivity index (χ0n) is 17.6. The molecule has 0 radical (unpaired) electrons. The van der Waals surface area contributed by atoms with Crippen LogP contribution in [0.3, 0.4) is 0 Å². The minimum Gasteiger partial charge on any atom is -0.361 e. The van der Waals surface area contributed by atoms with Crippen LogP contribution in [0.25, 0.3) is 10.9 Å². The smallest absolute Gasteiger partial charge is 0.220 e. The van der Waals surface area contributed by atoms with Crippen LogP contribution in [0, 0.1) is 11.8 Å². The zero-order chi connectivity index (χ0) is 20.1. The summed E-state index contributed by atoms with van der Waals surface area (Å²) in [5.74, 6) is 1.38. The lowest BCUT2D eigenvalue weighted by molar-refractivity contribution is -0.122. The van der Waals surface area contributed by atoms with Crippen LogP contribution in [0.5, 0.6) is 0 Å². The van der Waals surface area contributed by atoms with E-state index in [0.29, 0.717) is 24.8 Å². The van der Waals surface area contributed by atoms with Crippen molar-refractivity contribution in [1.29, 1.82) is 0 Å². The van der Waals surface area contributed by atoms with E-state index in [1.165, 1.54) is 29.4 Å². The fourth-order valence-corrected chi connectivity index (χ4v) is 4.64. The molecule has 0 saturated carbocycles. The highest BCUT2D eigenvalue weighted by molar-refractivity contribution is 5.85. The van der Waals surface area contributed by atoms with Crippen molar-refractivity contribution in [3.8, 4) is 0 Å². The van der Waals surface area contributed by atoms with Gasteiger partial charge in [0.05, 0.1) is 0 Å². The van der Waals surface area contributed by atoms with Crippen LogP contribution >= 0.6 is 12.4 Å². The van der Waals surface area contributed by atoms with E-state index in [1.54, 1.807) is 0 Å². The first-order chi connectivity index (χ1) is 14.2. The van der Waals surface area contributed by atoms with Crippen LogP contribution < -0.4 is 10.6 Å². The van der Waals surface area contributed by atoms with Crippen LogP contribution in [0.1, 0.15) is 43.2 Å². The Morgan fingerprint density at radius 3 is 2.53 bits per heavy atom. The lowest BCUT2D eigenvalue weighted by Gasteiger charge is -2.28. The van der Waals surface area contributed by atoms with Gasteiger partial charge in [0.2, 0.25) is 5.91 Å². The van der Waals surface area contributed by atoms with Crippen LogP contribution in [-0.2, 0) is 4.79 Å². The first-order valence-corrected chi connectivity index (χ1v) is 10.8. The third-order valence-electron chi connectivity index (χ3n) is 6.40. The Labute approximate surface area is 185 Å². The summed E-state index contributed by atoms with van der Waals surface area (Å²) in [4.78, 5) is 16.1. The van der Waals surface area contributed by atoms with Gasteiger partial charge in [-0.2, -0.15) is 0 Å². The summed E-state index contributed by atoms with van der Waals surface area (Å²) < 4.78 is 0. The minimum atomic E-state index is 0. The van der Waals surface area contributed by atoms with Crippen molar-refractivity contribution in [2.75, 3.05) is 19.6 Å². The molecule has 1 aromatic heterocycles. The topological polar surface area (TPSA) is 56.9 Å². The molecule has 1 fully saturated rings. The number of amides is 1. The van der Waals surface area contributed by atoms with Crippen molar-refractivity contribution >= 4 is 29.2 Å². The summed E-state index contributed by atoms with van der Waals surface area (Å²) in [6.45, 7) is 4.99. The summed E-state index contributed by atoms with van der Waals surface area (Å²) in [5.41, 5.74) is 3.59. The van der Waals surface area contributed by atoms with Gasteiger partial charge in [-0.25, -0.2) is 0 Å². The Bertz CT molecular complexity index is 934. The molecular formula is C25H32ClN3O. The van der Waals surface area contributed by atoms with Crippen molar-refractivity contribution in [2.45, 2.75) is 32.1 Å². The SMILES string of the molecule is CC(CC(=O)NCC(c1ccccc1)c1c[nH]c2ccccc12)C1CCNCC1.Cl. The maximum Gasteiger partial charge on any atom is 0.220 e. The maximum atomic E-state index is 12.7. The van der Waals surface area contributed by atoms with Crippen molar-refractivity contribution < 1.29 is 4.79 Å². The number of piperidine rings is 1.